The van der Waals surface area contributed by atoms with E-state index in [-0.39, 0.29) is 5.92 Å². The van der Waals surface area contributed by atoms with Gasteiger partial charge >= 0.3 is 0 Å². The molecule has 22 heavy (non-hydrogen) atoms. The molecule has 0 aliphatic heterocycles. The molecule has 1 aromatic heterocycles. The van der Waals surface area contributed by atoms with E-state index in [0.717, 1.165) is 16.5 Å². The van der Waals surface area contributed by atoms with Crippen LogP contribution >= 0.6 is 23.4 Å². The molecular weight excluding hydrogens is 320 g/mol. The SMILES string of the molecule is COCCn1c(SC[C@@H](C)C#N)nnc1-c1ccc(Cl)cc1. The van der Waals surface area contributed by atoms with Crippen molar-refractivity contribution in [2.75, 3.05) is 19.5 Å². The van der Waals surface area contributed by atoms with Crippen LogP contribution in [0.15, 0.2) is 29.4 Å². The summed E-state index contributed by atoms with van der Waals surface area (Å²) in [4.78, 5) is 0. The fourth-order valence-electron chi connectivity index (χ4n) is 1.83. The van der Waals surface area contributed by atoms with Gasteiger partial charge < -0.3 is 4.74 Å². The molecule has 1 heterocycles. The maximum atomic E-state index is 8.89. The normalized spacial score (nSPS) is 12.1. The first-order valence-electron chi connectivity index (χ1n) is 6.86. The van der Waals surface area contributed by atoms with Gasteiger partial charge in [-0.2, -0.15) is 5.26 Å². The van der Waals surface area contributed by atoms with Gasteiger partial charge in [0.2, 0.25) is 0 Å². The van der Waals surface area contributed by atoms with E-state index in [1.807, 2.05) is 35.8 Å². The summed E-state index contributed by atoms with van der Waals surface area (Å²) in [6, 6.07) is 9.72. The molecule has 0 aliphatic rings. The van der Waals surface area contributed by atoms with Gasteiger partial charge in [-0.1, -0.05) is 23.4 Å². The van der Waals surface area contributed by atoms with Crippen molar-refractivity contribution in [1.82, 2.24) is 14.8 Å². The molecule has 0 fully saturated rings. The zero-order valence-electron chi connectivity index (χ0n) is 12.5. The number of thioether (sulfide) groups is 1. The molecule has 0 N–H and O–H groups in total. The Morgan fingerprint density at radius 1 is 1.36 bits per heavy atom. The lowest BCUT2D eigenvalue weighted by Gasteiger charge is -2.10. The van der Waals surface area contributed by atoms with Gasteiger partial charge in [0.1, 0.15) is 0 Å². The second kappa shape index (κ2) is 8.18. The summed E-state index contributed by atoms with van der Waals surface area (Å²) in [5, 5.41) is 18.9. The van der Waals surface area contributed by atoms with Crippen molar-refractivity contribution in [3.63, 3.8) is 0 Å². The van der Waals surface area contributed by atoms with Gasteiger partial charge in [-0.25, -0.2) is 0 Å². The molecule has 7 heteroatoms. The Labute approximate surface area is 139 Å². The van der Waals surface area contributed by atoms with Gasteiger partial charge in [0.25, 0.3) is 0 Å². The van der Waals surface area contributed by atoms with Gasteiger partial charge in [0.05, 0.1) is 25.1 Å². The highest BCUT2D eigenvalue weighted by molar-refractivity contribution is 7.99. The Bertz CT molecular complexity index is 651. The number of nitrogens with zero attached hydrogens (tertiary/aromatic N) is 4. The van der Waals surface area contributed by atoms with Gasteiger partial charge in [-0.3, -0.25) is 4.57 Å². The average molecular weight is 337 g/mol. The topological polar surface area (TPSA) is 63.7 Å². The first kappa shape index (κ1) is 16.8. The summed E-state index contributed by atoms with van der Waals surface area (Å²) in [6.07, 6.45) is 0. The summed E-state index contributed by atoms with van der Waals surface area (Å²) in [5.41, 5.74) is 0.952. The fraction of sp³-hybridized carbons (Fsp3) is 0.400. The zero-order valence-corrected chi connectivity index (χ0v) is 14.1. The van der Waals surface area contributed by atoms with Crippen LogP contribution in [0.25, 0.3) is 11.4 Å². The van der Waals surface area contributed by atoms with Crippen LogP contribution in [0.4, 0.5) is 0 Å². The van der Waals surface area contributed by atoms with Gasteiger partial charge in [-0.05, 0) is 31.2 Å². The average Bonchev–Trinajstić information content (AvgIpc) is 2.94. The van der Waals surface area contributed by atoms with E-state index in [2.05, 4.69) is 16.3 Å². The molecule has 1 aromatic carbocycles. The molecule has 1 atom stereocenters. The lowest BCUT2D eigenvalue weighted by atomic mass is 10.2. The van der Waals surface area contributed by atoms with E-state index in [4.69, 9.17) is 21.6 Å². The quantitative estimate of drug-likeness (QED) is 0.724. The van der Waals surface area contributed by atoms with Crippen LogP contribution < -0.4 is 0 Å². The lowest BCUT2D eigenvalue weighted by Crippen LogP contribution is -2.08. The van der Waals surface area contributed by atoms with E-state index in [9.17, 15) is 0 Å². The lowest BCUT2D eigenvalue weighted by molar-refractivity contribution is 0.185. The number of hydrogen-bond acceptors (Lipinski definition) is 5. The molecular formula is C15H17ClN4OS. The molecule has 0 amide bonds. The third-order valence-electron chi connectivity index (χ3n) is 3.02. The number of nitriles is 1. The molecule has 2 aromatic rings. The smallest absolute Gasteiger partial charge is 0.191 e. The number of benzene rings is 1. The van der Waals surface area contributed by atoms with Crippen LogP contribution in [0, 0.1) is 17.2 Å². The third kappa shape index (κ3) is 4.23. The van der Waals surface area contributed by atoms with E-state index in [0.29, 0.717) is 23.9 Å². The highest BCUT2D eigenvalue weighted by atomic mass is 35.5. The highest BCUT2D eigenvalue weighted by Gasteiger charge is 2.15. The molecule has 0 aliphatic carbocycles. The van der Waals surface area contributed by atoms with Crippen LogP contribution in [-0.4, -0.2) is 34.2 Å². The fourth-order valence-corrected chi connectivity index (χ4v) is 2.86. The number of ether oxygens (including phenoxy) is 1. The second-order valence-corrected chi connectivity index (χ2v) is 6.22. The number of halogens is 1. The van der Waals surface area contributed by atoms with Gasteiger partial charge in [-0.15, -0.1) is 10.2 Å². The van der Waals surface area contributed by atoms with Crippen molar-refractivity contribution in [3.05, 3.63) is 29.3 Å². The van der Waals surface area contributed by atoms with Crippen molar-refractivity contribution >= 4 is 23.4 Å². The number of methoxy groups -OCH3 is 1. The number of hydrogen-bond donors (Lipinski definition) is 0. The highest BCUT2D eigenvalue weighted by Crippen LogP contribution is 2.26. The predicted molar refractivity (Wildman–Crippen MR) is 87.8 cm³/mol. The Morgan fingerprint density at radius 3 is 2.73 bits per heavy atom. The maximum absolute atomic E-state index is 8.89. The second-order valence-electron chi connectivity index (χ2n) is 4.80. The minimum Gasteiger partial charge on any atom is -0.383 e. The number of rotatable bonds is 7. The molecule has 0 spiro atoms. The predicted octanol–water partition coefficient (Wildman–Crippen LogP) is 3.50. The van der Waals surface area contributed by atoms with Crippen molar-refractivity contribution in [1.29, 1.82) is 5.26 Å². The molecule has 0 unspecified atom stereocenters. The molecule has 2 rings (SSSR count). The Morgan fingerprint density at radius 2 is 2.09 bits per heavy atom. The molecule has 0 saturated carbocycles. The van der Waals surface area contributed by atoms with E-state index >= 15 is 0 Å². The van der Waals surface area contributed by atoms with Crippen molar-refractivity contribution in [2.24, 2.45) is 5.92 Å². The van der Waals surface area contributed by atoms with Crippen LogP contribution in [0.3, 0.4) is 0 Å². The molecule has 0 bridgehead atoms. The maximum Gasteiger partial charge on any atom is 0.191 e. The van der Waals surface area contributed by atoms with Crippen LogP contribution in [0.2, 0.25) is 5.02 Å². The first-order chi connectivity index (χ1) is 10.7. The molecule has 0 radical (unpaired) electrons. The van der Waals surface area contributed by atoms with Crippen molar-refractivity contribution in [3.8, 4) is 17.5 Å². The molecule has 5 nitrogen and oxygen atoms in total. The van der Waals surface area contributed by atoms with Gasteiger partial charge in [0, 0.05) is 23.4 Å². The van der Waals surface area contributed by atoms with Crippen molar-refractivity contribution < 1.29 is 4.74 Å². The summed E-state index contributed by atoms with van der Waals surface area (Å²) in [5.74, 6) is 1.43. The summed E-state index contributed by atoms with van der Waals surface area (Å²) >= 11 is 7.46. The largest absolute Gasteiger partial charge is 0.383 e. The zero-order chi connectivity index (χ0) is 15.9. The Hall–Kier alpha value is -1.55. The first-order valence-corrected chi connectivity index (χ1v) is 8.22. The van der Waals surface area contributed by atoms with E-state index < -0.39 is 0 Å². The number of aromatic nitrogens is 3. The molecule has 116 valence electrons. The molecule has 0 saturated heterocycles. The van der Waals surface area contributed by atoms with Crippen LogP contribution in [0.5, 0.6) is 0 Å². The summed E-state index contributed by atoms with van der Waals surface area (Å²) in [7, 11) is 1.66. The van der Waals surface area contributed by atoms with E-state index in [1.165, 1.54) is 11.8 Å². The van der Waals surface area contributed by atoms with Gasteiger partial charge in [0.15, 0.2) is 11.0 Å². The van der Waals surface area contributed by atoms with Crippen LogP contribution in [-0.2, 0) is 11.3 Å². The third-order valence-corrected chi connectivity index (χ3v) is 4.50. The minimum absolute atomic E-state index is 0.0310. The summed E-state index contributed by atoms with van der Waals surface area (Å²) < 4.78 is 7.18. The van der Waals surface area contributed by atoms with Crippen LogP contribution in [0.1, 0.15) is 6.92 Å². The minimum atomic E-state index is -0.0310. The summed E-state index contributed by atoms with van der Waals surface area (Å²) in [6.45, 7) is 3.12. The monoisotopic (exact) mass is 336 g/mol. The van der Waals surface area contributed by atoms with E-state index in [1.54, 1.807) is 7.11 Å². The Kier molecular flexibility index (Phi) is 6.25. The Balaban J connectivity index is 2.27. The van der Waals surface area contributed by atoms with Crippen molar-refractivity contribution in [2.45, 2.75) is 18.6 Å². The standard InChI is InChI=1S/C15H17ClN4OS/c1-11(9-17)10-22-15-19-18-14(20(15)7-8-21-2)12-3-5-13(16)6-4-12/h3-6,11H,7-8,10H2,1-2H3/t11-/m0/s1.